The third-order valence-corrected chi connectivity index (χ3v) is 1.56. The normalized spacial score (nSPS) is 9.79. The number of aromatic hydroxyl groups is 4. The van der Waals surface area contributed by atoms with Gasteiger partial charge in [0.1, 0.15) is 11.3 Å². The van der Waals surface area contributed by atoms with Crippen molar-refractivity contribution in [3.63, 3.8) is 0 Å². The van der Waals surface area contributed by atoms with Gasteiger partial charge >= 0.3 is 0 Å². The van der Waals surface area contributed by atoms with Gasteiger partial charge < -0.3 is 20.4 Å². The summed E-state index contributed by atoms with van der Waals surface area (Å²) in [5.41, 5.74) is 0.424. The van der Waals surface area contributed by atoms with E-state index < -0.39 is 34.5 Å². The molecule has 0 aliphatic carbocycles. The van der Waals surface area contributed by atoms with Crippen molar-refractivity contribution in [2.45, 2.75) is 0 Å². The van der Waals surface area contributed by atoms with E-state index in [1.165, 1.54) is 0 Å². The lowest BCUT2D eigenvalue weighted by Crippen LogP contribution is -2.18. The molecule has 0 saturated carbocycles. The van der Waals surface area contributed by atoms with Crippen molar-refractivity contribution in [2.75, 3.05) is 0 Å². The number of benzene rings is 1. The Kier molecular flexibility index (Phi) is 2.34. The molecule has 0 aromatic heterocycles. The molecular formula is C7H7NO6. The van der Waals surface area contributed by atoms with Gasteiger partial charge in [0.05, 0.1) is 0 Å². The first-order chi connectivity index (χ1) is 6.49. The van der Waals surface area contributed by atoms with Crippen molar-refractivity contribution in [3.05, 3.63) is 11.6 Å². The molecule has 6 N–H and O–H groups in total. The summed E-state index contributed by atoms with van der Waals surface area (Å²) in [6.45, 7) is 0. The molecule has 0 saturated heterocycles. The third kappa shape index (κ3) is 1.36. The zero-order valence-corrected chi connectivity index (χ0v) is 6.72. The molecular weight excluding hydrogens is 194 g/mol. The largest absolute Gasteiger partial charge is 0.507 e. The molecule has 7 heteroatoms. The summed E-state index contributed by atoms with van der Waals surface area (Å²) in [6.07, 6.45) is 0. The van der Waals surface area contributed by atoms with Crippen molar-refractivity contribution in [2.24, 2.45) is 0 Å². The van der Waals surface area contributed by atoms with Gasteiger partial charge in [0.2, 0.25) is 5.75 Å². The SMILES string of the molecule is O=C(NO)c1c(O)cc(O)c(O)c1O. The number of phenols is 4. The number of amides is 1. The van der Waals surface area contributed by atoms with E-state index in [1.54, 1.807) is 0 Å². The van der Waals surface area contributed by atoms with Crippen molar-refractivity contribution in [1.29, 1.82) is 0 Å². The molecule has 0 atom stereocenters. The summed E-state index contributed by atoms with van der Waals surface area (Å²) >= 11 is 0. The van der Waals surface area contributed by atoms with Crippen LogP contribution in [0.25, 0.3) is 0 Å². The maximum absolute atomic E-state index is 10.8. The molecule has 0 spiro atoms. The Morgan fingerprint density at radius 2 is 1.64 bits per heavy atom. The van der Waals surface area contributed by atoms with E-state index in [0.29, 0.717) is 6.07 Å². The van der Waals surface area contributed by atoms with Gasteiger partial charge in [-0.25, -0.2) is 5.48 Å². The number of nitrogens with one attached hydrogen (secondary N) is 1. The van der Waals surface area contributed by atoms with Crippen molar-refractivity contribution >= 4 is 5.91 Å². The van der Waals surface area contributed by atoms with Crippen LogP contribution in [0.4, 0.5) is 0 Å². The van der Waals surface area contributed by atoms with Crippen LogP contribution >= 0.6 is 0 Å². The fourth-order valence-electron chi connectivity index (χ4n) is 0.911. The minimum Gasteiger partial charge on any atom is -0.507 e. The Morgan fingerprint density at radius 1 is 1.07 bits per heavy atom. The number of phenolic OH excluding ortho intramolecular Hbond substituents is 4. The van der Waals surface area contributed by atoms with Crippen LogP contribution < -0.4 is 5.48 Å². The smallest absolute Gasteiger partial charge is 0.282 e. The Balaban J connectivity index is 3.44. The van der Waals surface area contributed by atoms with Crippen LogP contribution in [0.2, 0.25) is 0 Å². The maximum Gasteiger partial charge on any atom is 0.282 e. The second-order valence-corrected chi connectivity index (χ2v) is 2.43. The van der Waals surface area contributed by atoms with Gasteiger partial charge in [-0.3, -0.25) is 10.0 Å². The fourth-order valence-corrected chi connectivity index (χ4v) is 0.911. The van der Waals surface area contributed by atoms with Crippen LogP contribution in [-0.4, -0.2) is 31.5 Å². The molecule has 1 aromatic carbocycles. The minimum atomic E-state index is -1.21. The van der Waals surface area contributed by atoms with E-state index in [1.807, 2.05) is 0 Å². The topological polar surface area (TPSA) is 130 Å². The molecule has 14 heavy (non-hydrogen) atoms. The molecule has 0 aliphatic heterocycles. The molecule has 0 bridgehead atoms. The summed E-state index contributed by atoms with van der Waals surface area (Å²) in [6, 6.07) is 0.652. The summed E-state index contributed by atoms with van der Waals surface area (Å²) in [4.78, 5) is 10.8. The van der Waals surface area contributed by atoms with Gasteiger partial charge in [-0.1, -0.05) is 0 Å². The predicted octanol–water partition coefficient (Wildman–Crippen LogP) is -0.372. The second kappa shape index (κ2) is 3.30. The van der Waals surface area contributed by atoms with Gasteiger partial charge in [0.15, 0.2) is 11.5 Å². The average Bonchev–Trinajstić information content (AvgIpc) is 2.14. The summed E-state index contributed by atoms with van der Waals surface area (Å²) in [5.74, 6) is -4.75. The number of rotatable bonds is 1. The van der Waals surface area contributed by atoms with Gasteiger partial charge in [0.25, 0.3) is 5.91 Å². The Hall–Kier alpha value is -2.15. The predicted molar refractivity (Wildman–Crippen MR) is 42.4 cm³/mol. The Bertz CT molecular complexity index is 388. The average molecular weight is 201 g/mol. The highest BCUT2D eigenvalue weighted by Gasteiger charge is 2.21. The molecule has 0 fully saturated rings. The molecule has 76 valence electrons. The quantitative estimate of drug-likeness (QED) is 0.159. The van der Waals surface area contributed by atoms with E-state index in [4.69, 9.17) is 25.6 Å². The molecule has 1 aromatic rings. The van der Waals surface area contributed by atoms with Crippen LogP contribution in [0, 0.1) is 0 Å². The first-order valence-corrected chi connectivity index (χ1v) is 3.40. The monoisotopic (exact) mass is 201 g/mol. The van der Waals surface area contributed by atoms with Gasteiger partial charge in [-0.05, 0) is 0 Å². The first-order valence-electron chi connectivity index (χ1n) is 3.40. The summed E-state index contributed by atoms with van der Waals surface area (Å²) in [7, 11) is 0. The van der Waals surface area contributed by atoms with E-state index in [-0.39, 0.29) is 0 Å². The van der Waals surface area contributed by atoms with E-state index in [0.717, 1.165) is 5.48 Å². The zero-order valence-electron chi connectivity index (χ0n) is 6.72. The Morgan fingerprint density at radius 3 is 2.14 bits per heavy atom. The highest BCUT2D eigenvalue weighted by Crippen LogP contribution is 2.42. The van der Waals surface area contributed by atoms with E-state index in [2.05, 4.69) is 0 Å². The third-order valence-electron chi connectivity index (χ3n) is 1.56. The molecule has 0 radical (unpaired) electrons. The number of carbonyl (C=O) groups is 1. The standard InChI is InChI=1S/C7H7NO6/c9-2-1-3(10)5(11)6(12)4(2)7(13)8-14/h1,9-12,14H,(H,8,13). The van der Waals surface area contributed by atoms with Crippen LogP contribution in [0.15, 0.2) is 6.07 Å². The van der Waals surface area contributed by atoms with Crippen molar-refractivity contribution in [3.8, 4) is 23.0 Å². The summed E-state index contributed by atoms with van der Waals surface area (Å²) in [5, 5.41) is 44.3. The number of hydrogen-bond acceptors (Lipinski definition) is 6. The fraction of sp³-hybridized carbons (Fsp3) is 0. The lowest BCUT2D eigenvalue weighted by molar-refractivity contribution is 0.0699. The lowest BCUT2D eigenvalue weighted by atomic mass is 10.1. The number of hydrogen-bond donors (Lipinski definition) is 6. The molecule has 1 rings (SSSR count). The first kappa shape index (κ1) is 9.93. The second-order valence-electron chi connectivity index (χ2n) is 2.43. The molecule has 0 heterocycles. The van der Waals surface area contributed by atoms with E-state index >= 15 is 0 Å². The zero-order chi connectivity index (χ0) is 10.9. The minimum absolute atomic E-state index is 0.652. The van der Waals surface area contributed by atoms with Gasteiger partial charge in [-0.2, -0.15) is 0 Å². The molecule has 0 unspecified atom stereocenters. The molecule has 7 nitrogen and oxygen atoms in total. The van der Waals surface area contributed by atoms with Crippen LogP contribution in [-0.2, 0) is 0 Å². The van der Waals surface area contributed by atoms with Crippen molar-refractivity contribution < 1.29 is 30.4 Å². The molecule has 0 aliphatic rings. The summed E-state index contributed by atoms with van der Waals surface area (Å²) < 4.78 is 0. The highest BCUT2D eigenvalue weighted by molar-refractivity contribution is 6.00. The van der Waals surface area contributed by atoms with Crippen LogP contribution in [0.1, 0.15) is 10.4 Å². The lowest BCUT2D eigenvalue weighted by Gasteiger charge is -2.07. The number of carbonyl (C=O) groups excluding carboxylic acids is 1. The maximum atomic E-state index is 10.8. The number of hydroxylamine groups is 1. The molecule has 1 amide bonds. The van der Waals surface area contributed by atoms with E-state index in [9.17, 15) is 4.79 Å². The van der Waals surface area contributed by atoms with Crippen LogP contribution in [0.5, 0.6) is 23.0 Å². The Labute approximate surface area is 77.4 Å². The van der Waals surface area contributed by atoms with Crippen molar-refractivity contribution in [1.82, 2.24) is 5.48 Å². The highest BCUT2D eigenvalue weighted by atomic mass is 16.5. The van der Waals surface area contributed by atoms with Gasteiger partial charge in [0, 0.05) is 6.07 Å². The van der Waals surface area contributed by atoms with Crippen LogP contribution in [0.3, 0.4) is 0 Å². The van der Waals surface area contributed by atoms with Gasteiger partial charge in [-0.15, -0.1) is 0 Å².